The number of phosphoric acid groups is 2. The van der Waals surface area contributed by atoms with E-state index in [-0.39, 0.29) is 25.7 Å². The zero-order chi connectivity index (χ0) is 76.0. The van der Waals surface area contributed by atoms with E-state index < -0.39 is 97.5 Å². The maximum absolute atomic E-state index is 13.1. The van der Waals surface area contributed by atoms with E-state index in [2.05, 4.69) is 125 Å². The number of aliphatic hydroxyl groups is 1. The van der Waals surface area contributed by atoms with E-state index in [9.17, 15) is 43.2 Å². The first-order chi connectivity index (χ1) is 50.7. The first-order valence-electron chi connectivity index (χ1n) is 41.1. The molecule has 0 radical (unpaired) electrons. The lowest BCUT2D eigenvalue weighted by Crippen LogP contribution is -2.30. The smallest absolute Gasteiger partial charge is 0.462 e. The van der Waals surface area contributed by atoms with E-state index in [1.54, 1.807) is 0 Å². The van der Waals surface area contributed by atoms with Gasteiger partial charge in [0.25, 0.3) is 0 Å². The third-order valence-corrected chi connectivity index (χ3v) is 19.2. The van der Waals surface area contributed by atoms with Crippen LogP contribution in [0.15, 0.2) is 109 Å². The van der Waals surface area contributed by atoms with Gasteiger partial charge in [-0.25, -0.2) is 9.13 Å². The lowest BCUT2D eigenvalue weighted by atomic mass is 10.0. The second kappa shape index (κ2) is 76.9. The van der Waals surface area contributed by atoms with Crippen molar-refractivity contribution in [3.05, 3.63) is 109 Å². The molecule has 0 aromatic carbocycles. The number of allylic oxidation sites excluding steroid dienone is 18. The quantitative estimate of drug-likeness (QED) is 0.0169. The van der Waals surface area contributed by atoms with Gasteiger partial charge in [-0.2, -0.15) is 0 Å². The van der Waals surface area contributed by atoms with Crippen LogP contribution in [0, 0.1) is 0 Å². The van der Waals surface area contributed by atoms with Gasteiger partial charge in [-0.1, -0.05) is 330 Å². The summed E-state index contributed by atoms with van der Waals surface area (Å²) in [5.41, 5.74) is 0. The Kier molecular flexibility index (Phi) is 73.7. The molecule has 0 aliphatic heterocycles. The Bertz CT molecular complexity index is 2390. The summed E-state index contributed by atoms with van der Waals surface area (Å²) in [6.07, 6.45) is 83.5. The zero-order valence-corrected chi connectivity index (χ0v) is 67.5. The fourth-order valence-electron chi connectivity index (χ4n) is 11.1. The van der Waals surface area contributed by atoms with E-state index in [4.69, 9.17) is 37.0 Å². The monoisotopic (exact) mass is 1500 g/mol. The number of carbonyl (C=O) groups excluding carboxylic acids is 4. The van der Waals surface area contributed by atoms with Gasteiger partial charge >= 0.3 is 39.5 Å². The largest absolute Gasteiger partial charge is 0.472 e. The number of aliphatic hydroxyl groups excluding tert-OH is 1. The minimum atomic E-state index is -4.99. The number of ether oxygens (including phenoxy) is 4. The average Bonchev–Trinajstić information content (AvgIpc) is 0.939. The zero-order valence-electron chi connectivity index (χ0n) is 65.7. The first-order valence-corrected chi connectivity index (χ1v) is 44.1. The van der Waals surface area contributed by atoms with Crippen molar-refractivity contribution in [1.29, 1.82) is 0 Å². The van der Waals surface area contributed by atoms with Gasteiger partial charge in [0.1, 0.15) is 19.3 Å². The molecular weight excluding hydrogens is 1350 g/mol. The molecule has 0 bridgehead atoms. The molecule has 0 aliphatic carbocycles. The van der Waals surface area contributed by atoms with Gasteiger partial charge < -0.3 is 33.8 Å². The van der Waals surface area contributed by atoms with E-state index >= 15 is 0 Å². The molecule has 3 N–H and O–H groups in total. The normalized spacial score (nSPS) is 14.4. The third-order valence-electron chi connectivity index (χ3n) is 17.3. The van der Waals surface area contributed by atoms with Crippen LogP contribution in [-0.2, 0) is 65.4 Å². The molecule has 600 valence electrons. The Hall–Kier alpha value is -4.28. The Balaban J connectivity index is 5.38. The molecule has 0 heterocycles. The second-order valence-corrected chi connectivity index (χ2v) is 30.2. The van der Waals surface area contributed by atoms with Gasteiger partial charge in [0.05, 0.1) is 26.4 Å². The van der Waals surface area contributed by atoms with Crippen molar-refractivity contribution in [2.24, 2.45) is 0 Å². The lowest BCUT2D eigenvalue weighted by Gasteiger charge is -2.21. The SMILES string of the molecule is CC/C=C\C/C=C\C/C=C\C/C=C\C/C=C\CCCC(=O)OCC(COP(=O)(O)OCC(O)COP(=O)(O)OCC(COC(=O)CCCCCCCC/C=C\C/C=C\C/C=C\C/C=C\CC)OC(=O)CCCCCCCCCCCCCCC)OC(=O)CCCCCCCCCCCCCCCCC. The van der Waals surface area contributed by atoms with Crippen LogP contribution in [0.25, 0.3) is 0 Å². The van der Waals surface area contributed by atoms with Crippen LogP contribution < -0.4 is 0 Å². The summed E-state index contributed by atoms with van der Waals surface area (Å²) in [7, 11) is -9.97. The molecule has 104 heavy (non-hydrogen) atoms. The minimum Gasteiger partial charge on any atom is -0.462 e. The Morgan fingerprint density at radius 1 is 0.279 bits per heavy atom. The van der Waals surface area contributed by atoms with Gasteiger partial charge in [0.15, 0.2) is 12.2 Å². The maximum atomic E-state index is 13.1. The average molecular weight is 1500 g/mol. The van der Waals surface area contributed by atoms with Gasteiger partial charge in [-0.05, 0) is 103 Å². The van der Waals surface area contributed by atoms with Crippen molar-refractivity contribution < 1.29 is 80.2 Å². The molecule has 5 unspecified atom stereocenters. The maximum Gasteiger partial charge on any atom is 0.472 e. The molecule has 0 saturated heterocycles. The Morgan fingerprint density at radius 2 is 0.510 bits per heavy atom. The standard InChI is InChI=1S/C85H148O17P2/c1-5-9-13-17-21-25-29-33-36-38-39-41-44-47-50-54-58-62-66-70-83(88)95-75-80(101-84(89)71-67-63-59-55-51-45-32-28-24-20-16-12-8-4)77-99-103(91,92)97-73-79(86)74-98-104(93,94)100-78-81(102-85(90)72-68-64-60-56-52-48-42-35-31-27-23-19-15-11-7-3)76-96-82(87)69-65-61-57-53-49-46-43-40-37-34-30-26-22-18-14-10-6-2/h9-10,13-14,21-22,25-26,33-34,36-37,39,41,43,46,53,57,79-81,86H,5-8,11-12,15-20,23-24,27-32,35,38,40,42,44-45,47-52,54-56,58-78H2,1-4H3,(H,91,92)(H,93,94)/b13-9-,14-10-,25-21-,26-22-,36-33-,37-34-,41-39-,46-43-,57-53-. The fourth-order valence-corrected chi connectivity index (χ4v) is 12.7. The molecular formula is C85H148O17P2. The molecule has 0 aliphatic rings. The molecule has 0 fully saturated rings. The van der Waals surface area contributed by atoms with E-state index in [1.807, 2.05) is 12.2 Å². The van der Waals surface area contributed by atoms with Crippen molar-refractivity contribution in [2.75, 3.05) is 39.6 Å². The predicted octanol–water partition coefficient (Wildman–Crippen LogP) is 24.1. The Morgan fingerprint density at radius 3 is 0.808 bits per heavy atom. The van der Waals surface area contributed by atoms with Gasteiger partial charge in [-0.15, -0.1) is 0 Å². The number of hydrogen-bond donors (Lipinski definition) is 3. The number of carbonyl (C=O) groups is 4. The summed E-state index contributed by atoms with van der Waals surface area (Å²) < 4.78 is 68.6. The third kappa shape index (κ3) is 75.9. The first kappa shape index (κ1) is 99.7. The Labute approximate surface area is 632 Å². The van der Waals surface area contributed by atoms with E-state index in [0.717, 1.165) is 148 Å². The summed E-state index contributed by atoms with van der Waals surface area (Å²) in [4.78, 5) is 73.1. The van der Waals surface area contributed by atoms with Crippen LogP contribution in [0.5, 0.6) is 0 Å². The summed E-state index contributed by atoms with van der Waals surface area (Å²) in [5.74, 6) is -2.23. The highest BCUT2D eigenvalue weighted by Gasteiger charge is 2.30. The lowest BCUT2D eigenvalue weighted by molar-refractivity contribution is -0.161. The summed E-state index contributed by atoms with van der Waals surface area (Å²) in [6.45, 7) is 4.63. The number of unbranched alkanes of at least 4 members (excludes halogenated alkanes) is 33. The molecule has 0 aromatic rings. The second-order valence-electron chi connectivity index (χ2n) is 27.3. The van der Waals surface area contributed by atoms with Crippen LogP contribution in [0.1, 0.15) is 349 Å². The molecule has 0 aromatic heterocycles. The number of esters is 4. The van der Waals surface area contributed by atoms with E-state index in [0.29, 0.717) is 32.1 Å². The number of rotatable bonds is 77. The molecule has 17 nitrogen and oxygen atoms in total. The molecule has 19 heteroatoms. The highest BCUT2D eigenvalue weighted by atomic mass is 31.2. The van der Waals surface area contributed by atoms with Crippen LogP contribution in [0.3, 0.4) is 0 Å². The minimum absolute atomic E-state index is 0.0848. The van der Waals surface area contributed by atoms with Gasteiger partial charge in [0.2, 0.25) is 0 Å². The summed E-state index contributed by atoms with van der Waals surface area (Å²) >= 11 is 0. The fraction of sp³-hybridized carbons (Fsp3) is 0.741. The molecule has 0 spiro atoms. The molecule has 0 rings (SSSR count). The molecule has 0 amide bonds. The number of phosphoric ester groups is 2. The van der Waals surface area contributed by atoms with Crippen molar-refractivity contribution in [3.8, 4) is 0 Å². The topological polar surface area (TPSA) is 237 Å². The van der Waals surface area contributed by atoms with Crippen LogP contribution in [0.4, 0.5) is 0 Å². The van der Waals surface area contributed by atoms with Crippen LogP contribution in [0.2, 0.25) is 0 Å². The van der Waals surface area contributed by atoms with Crippen molar-refractivity contribution in [2.45, 2.75) is 367 Å². The van der Waals surface area contributed by atoms with Crippen molar-refractivity contribution >= 4 is 39.5 Å². The summed E-state index contributed by atoms with van der Waals surface area (Å²) in [6, 6.07) is 0. The van der Waals surface area contributed by atoms with Crippen molar-refractivity contribution in [3.63, 3.8) is 0 Å². The molecule has 5 atom stereocenters. The highest BCUT2D eigenvalue weighted by Crippen LogP contribution is 2.45. The number of hydrogen-bond acceptors (Lipinski definition) is 15. The van der Waals surface area contributed by atoms with E-state index in [1.165, 1.54) is 116 Å². The molecule has 0 saturated carbocycles. The van der Waals surface area contributed by atoms with Gasteiger partial charge in [-0.3, -0.25) is 37.3 Å². The van der Waals surface area contributed by atoms with Crippen LogP contribution in [-0.4, -0.2) is 96.7 Å². The van der Waals surface area contributed by atoms with Gasteiger partial charge in [0, 0.05) is 25.7 Å². The highest BCUT2D eigenvalue weighted by molar-refractivity contribution is 7.47. The predicted molar refractivity (Wildman–Crippen MR) is 427 cm³/mol. The van der Waals surface area contributed by atoms with Crippen LogP contribution >= 0.6 is 15.6 Å². The van der Waals surface area contributed by atoms with Crippen molar-refractivity contribution in [1.82, 2.24) is 0 Å². The summed E-state index contributed by atoms with van der Waals surface area (Å²) in [5, 5.41) is 10.6.